The van der Waals surface area contributed by atoms with Crippen LogP contribution in [0.15, 0.2) is 91.1 Å². The molecule has 0 fully saturated rings. The number of aliphatic hydroxyl groups excluding tert-OH is 1. The number of nitrogen functional groups attached to an aromatic ring is 1. The summed E-state index contributed by atoms with van der Waals surface area (Å²) in [5, 5.41) is 10.5. The fraction of sp³-hybridized carbons (Fsp3) is 0.138. The zero-order chi connectivity index (χ0) is 25.2. The highest BCUT2D eigenvalue weighted by Gasteiger charge is 2.11. The molecule has 1 heterocycles. The van der Waals surface area contributed by atoms with Crippen molar-refractivity contribution in [1.29, 1.82) is 0 Å². The summed E-state index contributed by atoms with van der Waals surface area (Å²) in [6.07, 6.45) is 1.70. The molecule has 6 nitrogen and oxygen atoms in total. The van der Waals surface area contributed by atoms with Crippen LogP contribution in [0.4, 0.5) is 5.69 Å². The van der Waals surface area contributed by atoms with Crippen LogP contribution in [0.1, 0.15) is 5.56 Å². The highest BCUT2D eigenvalue weighted by molar-refractivity contribution is 5.88. The van der Waals surface area contributed by atoms with Gasteiger partial charge in [-0.3, -0.25) is 4.98 Å². The first-order valence-electron chi connectivity index (χ1n) is 11.0. The highest BCUT2D eigenvalue weighted by atomic mass is 16.5. The van der Waals surface area contributed by atoms with Gasteiger partial charge in [0.25, 0.3) is 0 Å². The van der Waals surface area contributed by atoms with Crippen LogP contribution >= 0.6 is 0 Å². The molecule has 5 aromatic rings. The van der Waals surface area contributed by atoms with Crippen LogP contribution < -0.4 is 19.9 Å². The minimum absolute atomic E-state index is 0.630. The molecule has 0 bridgehead atoms. The zero-order valence-corrected chi connectivity index (χ0v) is 20.4. The number of hydrogen-bond donors (Lipinski definition) is 2. The van der Waals surface area contributed by atoms with Crippen LogP contribution in [0.2, 0.25) is 0 Å². The van der Waals surface area contributed by atoms with E-state index in [0.717, 1.165) is 18.0 Å². The predicted octanol–water partition coefficient (Wildman–Crippen LogP) is 6.38. The van der Waals surface area contributed by atoms with Crippen LogP contribution in [-0.2, 0) is 0 Å². The minimum atomic E-state index is 0.630. The maximum absolute atomic E-state index is 7.00. The minimum Gasteiger partial charge on any atom is -0.493 e. The van der Waals surface area contributed by atoms with E-state index < -0.39 is 0 Å². The summed E-state index contributed by atoms with van der Waals surface area (Å²) in [6, 6.07) is 27.5. The molecule has 0 spiro atoms. The molecule has 180 valence electrons. The van der Waals surface area contributed by atoms with Gasteiger partial charge in [-0.05, 0) is 59.7 Å². The summed E-state index contributed by atoms with van der Waals surface area (Å²) in [6.45, 7) is 2.14. The lowest BCUT2D eigenvalue weighted by molar-refractivity contribution is 0.355. The second kappa shape index (κ2) is 12.3. The van der Waals surface area contributed by atoms with Gasteiger partial charge in [0, 0.05) is 30.4 Å². The Hall–Kier alpha value is -4.29. The molecule has 0 atom stereocenters. The molecule has 0 unspecified atom stereocenters. The van der Waals surface area contributed by atoms with Crippen LogP contribution in [0.25, 0.3) is 21.7 Å². The molecule has 4 aromatic carbocycles. The number of aryl methyl sites for hydroxylation is 1. The van der Waals surface area contributed by atoms with Gasteiger partial charge in [-0.15, -0.1) is 0 Å². The fourth-order valence-corrected chi connectivity index (χ4v) is 3.59. The molecule has 5 rings (SSSR count). The maximum Gasteiger partial charge on any atom is 0.162 e. The van der Waals surface area contributed by atoms with E-state index in [2.05, 4.69) is 54.4 Å². The number of rotatable bonds is 4. The number of nitrogens with two attached hydrogens (primary N) is 1. The molecule has 1 aromatic heterocycles. The molecule has 0 aliphatic heterocycles. The first-order chi connectivity index (χ1) is 17.1. The Morgan fingerprint density at radius 1 is 0.714 bits per heavy atom. The number of ether oxygens (including phenoxy) is 3. The van der Waals surface area contributed by atoms with Gasteiger partial charge in [-0.25, -0.2) is 0 Å². The summed E-state index contributed by atoms with van der Waals surface area (Å²) in [5.74, 6) is 2.66. The summed E-state index contributed by atoms with van der Waals surface area (Å²) >= 11 is 0. The van der Waals surface area contributed by atoms with Crippen molar-refractivity contribution in [2.24, 2.45) is 0 Å². The van der Waals surface area contributed by atoms with Crippen LogP contribution in [0.5, 0.6) is 23.0 Å². The van der Waals surface area contributed by atoms with Gasteiger partial charge in [-0.2, -0.15) is 0 Å². The van der Waals surface area contributed by atoms with E-state index in [1.807, 2.05) is 30.3 Å². The van der Waals surface area contributed by atoms with E-state index in [1.165, 1.54) is 16.3 Å². The van der Waals surface area contributed by atoms with E-state index in [0.29, 0.717) is 28.7 Å². The van der Waals surface area contributed by atoms with Crippen molar-refractivity contribution >= 4 is 27.4 Å². The Bertz CT molecular complexity index is 1380. The lowest BCUT2D eigenvalue weighted by Crippen LogP contribution is -1.93. The van der Waals surface area contributed by atoms with Gasteiger partial charge in [-0.1, -0.05) is 42.5 Å². The molecule has 6 heteroatoms. The molecule has 0 aliphatic carbocycles. The Balaban J connectivity index is 0.000000220. The molecule has 0 saturated heterocycles. The average Bonchev–Trinajstić information content (AvgIpc) is 2.91. The lowest BCUT2D eigenvalue weighted by atomic mass is 10.1. The largest absolute Gasteiger partial charge is 0.493 e. The van der Waals surface area contributed by atoms with Crippen molar-refractivity contribution in [2.75, 3.05) is 27.1 Å². The fourth-order valence-electron chi connectivity index (χ4n) is 3.59. The molecule has 0 amide bonds. The zero-order valence-electron chi connectivity index (χ0n) is 20.4. The van der Waals surface area contributed by atoms with E-state index in [9.17, 15) is 0 Å². The Kier molecular flexibility index (Phi) is 8.87. The van der Waals surface area contributed by atoms with Gasteiger partial charge in [0.15, 0.2) is 11.5 Å². The lowest BCUT2D eigenvalue weighted by Gasteiger charge is -2.12. The third-order valence-corrected chi connectivity index (χ3v) is 5.32. The third kappa shape index (κ3) is 6.19. The summed E-state index contributed by atoms with van der Waals surface area (Å²) in [7, 11) is 4.19. The van der Waals surface area contributed by atoms with E-state index in [4.69, 9.17) is 25.1 Å². The van der Waals surface area contributed by atoms with Crippen molar-refractivity contribution in [3.63, 3.8) is 0 Å². The molecular weight excluding hydrogens is 440 g/mol. The quantitative estimate of drug-likeness (QED) is 0.296. The van der Waals surface area contributed by atoms with E-state index in [-0.39, 0.29) is 0 Å². The van der Waals surface area contributed by atoms with Crippen molar-refractivity contribution in [3.05, 3.63) is 96.7 Å². The van der Waals surface area contributed by atoms with Crippen molar-refractivity contribution < 1.29 is 19.3 Å². The SMILES string of the molecule is CO.COc1cc2nccc(Oc3ccc(N)cc3)c2cc1OC.Cc1cccc2ccccc12. The van der Waals surface area contributed by atoms with E-state index >= 15 is 0 Å². The Labute approximate surface area is 205 Å². The number of aromatic nitrogens is 1. The number of hydrogen-bond acceptors (Lipinski definition) is 6. The molecule has 35 heavy (non-hydrogen) atoms. The Morgan fingerprint density at radius 3 is 2.06 bits per heavy atom. The molecule has 0 aliphatic rings. The number of anilines is 1. The van der Waals surface area contributed by atoms with Crippen LogP contribution in [-0.4, -0.2) is 31.4 Å². The number of nitrogens with zero attached hydrogens (tertiary/aromatic N) is 1. The number of methoxy groups -OCH3 is 2. The summed E-state index contributed by atoms with van der Waals surface area (Å²) < 4.78 is 16.6. The van der Waals surface area contributed by atoms with Gasteiger partial charge >= 0.3 is 0 Å². The molecule has 0 radical (unpaired) electrons. The number of aliphatic hydroxyl groups is 1. The molecule has 0 saturated carbocycles. The number of benzene rings is 4. The third-order valence-electron chi connectivity index (χ3n) is 5.32. The first-order valence-corrected chi connectivity index (χ1v) is 11.0. The summed E-state index contributed by atoms with van der Waals surface area (Å²) in [4.78, 5) is 4.35. The topological polar surface area (TPSA) is 86.8 Å². The first kappa shape index (κ1) is 25.3. The maximum atomic E-state index is 7.00. The highest BCUT2D eigenvalue weighted by Crippen LogP contribution is 2.36. The standard InChI is InChI=1S/C17H16N2O3.C11H10.CH4O/c1-20-16-9-13-14(10-17(16)21-2)19-8-7-15(13)22-12-5-3-11(18)4-6-12;1-9-5-4-7-10-6-2-3-8-11(9)10;1-2/h3-10H,18H2,1-2H3;2-8H,1H3;2H,1H3. The second-order valence-corrected chi connectivity index (χ2v) is 7.50. The van der Waals surface area contributed by atoms with Crippen LogP contribution in [0.3, 0.4) is 0 Å². The average molecular weight is 471 g/mol. The van der Waals surface area contributed by atoms with Crippen molar-refractivity contribution in [3.8, 4) is 23.0 Å². The smallest absolute Gasteiger partial charge is 0.162 e. The monoisotopic (exact) mass is 470 g/mol. The van der Waals surface area contributed by atoms with Gasteiger partial charge in [0.1, 0.15) is 11.5 Å². The normalized spacial score (nSPS) is 9.97. The van der Waals surface area contributed by atoms with Gasteiger partial charge in [0.2, 0.25) is 0 Å². The van der Waals surface area contributed by atoms with Gasteiger partial charge in [0.05, 0.1) is 19.7 Å². The Morgan fingerprint density at radius 2 is 1.37 bits per heavy atom. The van der Waals surface area contributed by atoms with Gasteiger partial charge < -0.3 is 25.1 Å². The van der Waals surface area contributed by atoms with Crippen molar-refractivity contribution in [2.45, 2.75) is 6.92 Å². The predicted molar refractivity (Wildman–Crippen MR) is 143 cm³/mol. The van der Waals surface area contributed by atoms with Crippen molar-refractivity contribution in [1.82, 2.24) is 4.98 Å². The molecular formula is C29H30N2O4. The molecule has 3 N–H and O–H groups in total. The van der Waals surface area contributed by atoms with Crippen LogP contribution in [0, 0.1) is 6.92 Å². The number of pyridine rings is 1. The number of fused-ring (bicyclic) bond motifs is 2. The summed E-state index contributed by atoms with van der Waals surface area (Å²) in [5.41, 5.74) is 8.50. The van der Waals surface area contributed by atoms with E-state index in [1.54, 1.807) is 32.5 Å². The second-order valence-electron chi connectivity index (χ2n) is 7.50.